The fraction of sp³-hybridized carbons (Fsp3) is 0.143. The van der Waals surface area contributed by atoms with Crippen LogP contribution in [0.1, 0.15) is 5.56 Å². The zero-order valence-corrected chi connectivity index (χ0v) is 10.7. The first-order valence-electron chi connectivity index (χ1n) is 5.79. The number of methoxy groups -OCH3 is 1. The van der Waals surface area contributed by atoms with Crippen LogP contribution in [0.15, 0.2) is 42.5 Å². The number of rotatable bonds is 5. The van der Waals surface area contributed by atoms with Crippen molar-refractivity contribution in [1.82, 2.24) is 0 Å². The van der Waals surface area contributed by atoms with Crippen molar-refractivity contribution in [2.24, 2.45) is 0 Å². The third-order valence-electron chi connectivity index (χ3n) is 2.61. The van der Waals surface area contributed by atoms with Crippen LogP contribution in [0.5, 0.6) is 11.5 Å². The minimum Gasteiger partial charge on any atom is -0.497 e. The van der Waals surface area contributed by atoms with E-state index in [4.69, 9.17) is 9.47 Å². The fourth-order valence-electron chi connectivity index (χ4n) is 1.67. The summed E-state index contributed by atoms with van der Waals surface area (Å²) in [5.74, 6) is 0.0793. The van der Waals surface area contributed by atoms with E-state index in [1.807, 2.05) is 6.07 Å². The van der Waals surface area contributed by atoms with Crippen molar-refractivity contribution in [2.75, 3.05) is 7.11 Å². The molecule has 0 heterocycles. The number of ether oxygens (including phenoxy) is 2. The monoisotopic (exact) mass is 277 g/mol. The number of nitrogens with zero attached hydrogens (tertiary/aromatic N) is 1. The lowest BCUT2D eigenvalue weighted by Crippen LogP contribution is -1.98. The molecule has 0 unspecified atom stereocenters. The number of nitro benzene ring substituents is 1. The van der Waals surface area contributed by atoms with Crippen molar-refractivity contribution >= 4 is 5.69 Å². The molecule has 2 rings (SSSR count). The Morgan fingerprint density at radius 1 is 1.20 bits per heavy atom. The van der Waals surface area contributed by atoms with Gasteiger partial charge in [-0.25, -0.2) is 4.39 Å². The second-order valence-electron chi connectivity index (χ2n) is 4.04. The van der Waals surface area contributed by atoms with Gasteiger partial charge >= 0.3 is 0 Å². The van der Waals surface area contributed by atoms with Gasteiger partial charge in [0.05, 0.1) is 24.2 Å². The van der Waals surface area contributed by atoms with Crippen molar-refractivity contribution in [3.05, 3.63) is 64.0 Å². The number of hydrogen-bond donors (Lipinski definition) is 0. The lowest BCUT2D eigenvalue weighted by atomic mass is 10.2. The molecule has 2 aromatic rings. The summed E-state index contributed by atoms with van der Waals surface area (Å²) in [6.45, 7) is 0.164. The van der Waals surface area contributed by atoms with Gasteiger partial charge in [0.1, 0.15) is 23.9 Å². The smallest absolute Gasteiger partial charge is 0.276 e. The maximum Gasteiger partial charge on any atom is 0.276 e. The van der Waals surface area contributed by atoms with Crippen LogP contribution in [-0.2, 0) is 6.61 Å². The highest BCUT2D eigenvalue weighted by atomic mass is 19.1. The maximum absolute atomic E-state index is 13.2. The molecular formula is C14H12FNO4. The first kappa shape index (κ1) is 13.8. The Morgan fingerprint density at radius 3 is 2.70 bits per heavy atom. The topological polar surface area (TPSA) is 61.6 Å². The van der Waals surface area contributed by atoms with Gasteiger partial charge in [-0.2, -0.15) is 0 Å². The normalized spacial score (nSPS) is 10.1. The standard InChI is InChI=1S/C14H12FNO4/c1-19-13-4-2-3-10(5-13)9-20-14-7-11(15)6-12(8-14)16(17)18/h2-8H,9H2,1H3. The molecule has 5 nitrogen and oxygen atoms in total. The second-order valence-corrected chi connectivity index (χ2v) is 4.04. The van der Waals surface area contributed by atoms with Gasteiger partial charge in [-0.05, 0) is 17.7 Å². The molecule has 0 N–H and O–H groups in total. The largest absolute Gasteiger partial charge is 0.497 e. The second kappa shape index (κ2) is 6.01. The minimum absolute atomic E-state index is 0.111. The summed E-state index contributed by atoms with van der Waals surface area (Å²) in [4.78, 5) is 9.96. The van der Waals surface area contributed by atoms with Crippen LogP contribution in [0.25, 0.3) is 0 Å². The highest BCUT2D eigenvalue weighted by molar-refractivity contribution is 5.39. The summed E-state index contributed by atoms with van der Waals surface area (Å²) in [5, 5.41) is 10.6. The minimum atomic E-state index is -0.708. The average Bonchev–Trinajstić information content (AvgIpc) is 2.44. The number of halogens is 1. The quantitative estimate of drug-likeness (QED) is 0.621. The van der Waals surface area contributed by atoms with Crippen LogP contribution in [0.2, 0.25) is 0 Å². The van der Waals surface area contributed by atoms with Crippen LogP contribution in [-0.4, -0.2) is 12.0 Å². The maximum atomic E-state index is 13.2. The predicted molar refractivity (Wildman–Crippen MR) is 70.4 cm³/mol. The molecule has 2 aromatic carbocycles. The van der Waals surface area contributed by atoms with E-state index >= 15 is 0 Å². The number of nitro groups is 1. The molecule has 0 aliphatic rings. The average molecular weight is 277 g/mol. The first-order valence-corrected chi connectivity index (χ1v) is 5.79. The predicted octanol–water partition coefficient (Wildman–Crippen LogP) is 3.32. The number of benzene rings is 2. The molecule has 6 heteroatoms. The van der Waals surface area contributed by atoms with Crippen LogP contribution in [0, 0.1) is 15.9 Å². The molecule has 0 aliphatic heterocycles. The van der Waals surface area contributed by atoms with Gasteiger partial charge in [-0.15, -0.1) is 0 Å². The molecule has 0 aliphatic carbocycles. The van der Waals surface area contributed by atoms with Crippen molar-refractivity contribution in [2.45, 2.75) is 6.61 Å². The van der Waals surface area contributed by atoms with E-state index in [1.165, 1.54) is 6.07 Å². The molecule has 0 bridgehead atoms. The van der Waals surface area contributed by atoms with Gasteiger partial charge in [0.2, 0.25) is 0 Å². The Labute approximate surface area is 114 Å². The zero-order valence-electron chi connectivity index (χ0n) is 10.7. The van der Waals surface area contributed by atoms with Crippen molar-refractivity contribution in [1.29, 1.82) is 0 Å². The van der Waals surface area contributed by atoms with Gasteiger partial charge in [0.25, 0.3) is 5.69 Å². The van der Waals surface area contributed by atoms with E-state index in [0.717, 1.165) is 17.7 Å². The van der Waals surface area contributed by atoms with Crippen molar-refractivity contribution in [3.8, 4) is 11.5 Å². The molecule has 0 fully saturated rings. The molecule has 104 valence electrons. The molecule has 0 spiro atoms. The van der Waals surface area contributed by atoms with Crippen LogP contribution >= 0.6 is 0 Å². The van der Waals surface area contributed by atoms with Gasteiger partial charge in [-0.3, -0.25) is 10.1 Å². The fourth-order valence-corrected chi connectivity index (χ4v) is 1.67. The van der Waals surface area contributed by atoms with E-state index in [-0.39, 0.29) is 18.0 Å². The van der Waals surface area contributed by atoms with Crippen LogP contribution < -0.4 is 9.47 Å². The van der Waals surface area contributed by atoms with Crippen LogP contribution in [0.4, 0.5) is 10.1 Å². The first-order chi connectivity index (χ1) is 9.58. The molecular weight excluding hydrogens is 265 g/mol. The lowest BCUT2D eigenvalue weighted by Gasteiger charge is -2.07. The van der Waals surface area contributed by atoms with E-state index in [1.54, 1.807) is 25.3 Å². The molecule has 0 radical (unpaired) electrons. The van der Waals surface area contributed by atoms with Crippen molar-refractivity contribution < 1.29 is 18.8 Å². The molecule has 0 atom stereocenters. The molecule has 0 amide bonds. The highest BCUT2D eigenvalue weighted by Gasteiger charge is 2.10. The SMILES string of the molecule is COc1cccc(COc2cc(F)cc([N+](=O)[O-])c2)c1. The van der Waals surface area contributed by atoms with E-state index in [9.17, 15) is 14.5 Å². The Hall–Kier alpha value is -2.63. The summed E-state index contributed by atoms with van der Waals surface area (Å²) < 4.78 is 23.7. The van der Waals surface area contributed by atoms with Gasteiger partial charge in [-0.1, -0.05) is 12.1 Å². The number of non-ortho nitro benzene ring substituents is 1. The van der Waals surface area contributed by atoms with E-state index in [2.05, 4.69) is 0 Å². The summed E-state index contributed by atoms with van der Waals surface area (Å²) in [5.41, 5.74) is 0.474. The third kappa shape index (κ3) is 3.44. The summed E-state index contributed by atoms with van der Waals surface area (Å²) >= 11 is 0. The Balaban J connectivity index is 2.12. The zero-order chi connectivity index (χ0) is 14.5. The number of hydrogen-bond acceptors (Lipinski definition) is 4. The van der Waals surface area contributed by atoms with Crippen LogP contribution in [0.3, 0.4) is 0 Å². The Bertz CT molecular complexity index is 630. The summed E-state index contributed by atoms with van der Waals surface area (Å²) in [6.07, 6.45) is 0. The Kier molecular flexibility index (Phi) is 4.14. The van der Waals surface area contributed by atoms with Gasteiger partial charge in [0.15, 0.2) is 0 Å². The molecule has 0 saturated carbocycles. The molecule has 0 saturated heterocycles. The summed E-state index contributed by atoms with van der Waals surface area (Å²) in [6, 6.07) is 10.3. The van der Waals surface area contributed by atoms with E-state index < -0.39 is 10.7 Å². The third-order valence-corrected chi connectivity index (χ3v) is 2.61. The summed E-state index contributed by atoms with van der Waals surface area (Å²) in [7, 11) is 1.55. The van der Waals surface area contributed by atoms with E-state index in [0.29, 0.717) is 5.75 Å². The van der Waals surface area contributed by atoms with Gasteiger partial charge < -0.3 is 9.47 Å². The van der Waals surface area contributed by atoms with Gasteiger partial charge in [0, 0.05) is 6.07 Å². The molecule has 20 heavy (non-hydrogen) atoms. The highest BCUT2D eigenvalue weighted by Crippen LogP contribution is 2.23. The molecule has 0 aromatic heterocycles. The Morgan fingerprint density at radius 2 is 2.00 bits per heavy atom. The van der Waals surface area contributed by atoms with Crippen molar-refractivity contribution in [3.63, 3.8) is 0 Å². The lowest BCUT2D eigenvalue weighted by molar-refractivity contribution is -0.385.